The van der Waals surface area contributed by atoms with Crippen LogP contribution in [0.3, 0.4) is 0 Å². The molecule has 0 saturated heterocycles. The molecule has 1 heterocycles. The molecule has 2 rings (SSSR count). The Morgan fingerprint density at radius 1 is 1.21 bits per heavy atom. The van der Waals surface area contributed by atoms with Gasteiger partial charge in [-0.05, 0) is 12.1 Å². The molecule has 0 aliphatic rings. The second-order valence-electron chi connectivity index (χ2n) is 2.97. The minimum atomic E-state index is -0.541. The zero-order chi connectivity index (χ0) is 10.1. The second-order valence-corrected chi connectivity index (χ2v) is 2.97. The zero-order valence-electron chi connectivity index (χ0n) is 7.40. The van der Waals surface area contributed by atoms with Crippen LogP contribution in [-0.2, 0) is 0 Å². The van der Waals surface area contributed by atoms with E-state index in [4.69, 9.17) is 11.5 Å². The van der Waals surface area contributed by atoms with Gasteiger partial charge in [-0.25, -0.2) is 0 Å². The Labute approximate surface area is 80.5 Å². The van der Waals surface area contributed by atoms with Crippen molar-refractivity contribution in [1.29, 1.82) is 0 Å². The lowest BCUT2D eigenvalue weighted by molar-refractivity contribution is 0.0997. The number of carbonyl (C=O) groups is 1. The first-order valence-corrected chi connectivity index (χ1v) is 4.13. The summed E-state index contributed by atoms with van der Waals surface area (Å²) in [6.07, 6.45) is 1.53. The number of amides is 1. The summed E-state index contributed by atoms with van der Waals surface area (Å²) in [7, 11) is 0. The van der Waals surface area contributed by atoms with Crippen LogP contribution in [0.5, 0.6) is 0 Å². The summed E-state index contributed by atoms with van der Waals surface area (Å²) in [6.45, 7) is 0. The van der Waals surface area contributed by atoms with Gasteiger partial charge in [0.1, 0.15) is 5.69 Å². The van der Waals surface area contributed by atoms with Gasteiger partial charge >= 0.3 is 0 Å². The molecule has 0 bridgehead atoms. The van der Waals surface area contributed by atoms with Gasteiger partial charge < -0.3 is 11.5 Å². The van der Waals surface area contributed by atoms with Gasteiger partial charge in [0.2, 0.25) is 0 Å². The number of nitrogens with two attached hydrogens (primary N) is 2. The Bertz CT molecular complexity index is 508. The second kappa shape index (κ2) is 2.99. The van der Waals surface area contributed by atoms with Crippen molar-refractivity contribution in [2.24, 2.45) is 5.73 Å². The van der Waals surface area contributed by atoms with Gasteiger partial charge in [0.15, 0.2) is 0 Å². The van der Waals surface area contributed by atoms with E-state index < -0.39 is 5.91 Å². The van der Waals surface area contributed by atoms with Gasteiger partial charge in [0, 0.05) is 22.7 Å². The highest BCUT2D eigenvalue weighted by molar-refractivity contribution is 6.07. The van der Waals surface area contributed by atoms with Crippen molar-refractivity contribution in [1.82, 2.24) is 4.98 Å². The van der Waals surface area contributed by atoms with Crippen molar-refractivity contribution < 1.29 is 4.79 Å². The molecule has 1 aromatic heterocycles. The van der Waals surface area contributed by atoms with Crippen LogP contribution in [0.15, 0.2) is 30.5 Å². The maximum atomic E-state index is 11.0. The molecule has 0 radical (unpaired) electrons. The van der Waals surface area contributed by atoms with Crippen molar-refractivity contribution in [2.45, 2.75) is 0 Å². The number of anilines is 1. The smallest absolute Gasteiger partial charge is 0.267 e. The average Bonchev–Trinajstić information content (AvgIpc) is 2.17. The fourth-order valence-electron chi connectivity index (χ4n) is 1.43. The number of pyridine rings is 1. The molecule has 4 heteroatoms. The van der Waals surface area contributed by atoms with Crippen LogP contribution in [0.2, 0.25) is 0 Å². The average molecular weight is 187 g/mol. The Morgan fingerprint density at radius 3 is 2.71 bits per heavy atom. The molecule has 1 aromatic carbocycles. The van der Waals surface area contributed by atoms with E-state index in [9.17, 15) is 4.79 Å². The molecule has 1 amide bonds. The van der Waals surface area contributed by atoms with Crippen molar-refractivity contribution in [3.8, 4) is 0 Å². The van der Waals surface area contributed by atoms with E-state index >= 15 is 0 Å². The van der Waals surface area contributed by atoms with Crippen molar-refractivity contribution in [3.63, 3.8) is 0 Å². The molecule has 0 spiro atoms. The number of benzene rings is 1. The van der Waals surface area contributed by atoms with E-state index in [0.717, 1.165) is 5.39 Å². The first-order chi connectivity index (χ1) is 6.70. The molecule has 0 saturated carbocycles. The Hall–Kier alpha value is -2.10. The normalized spacial score (nSPS) is 10.3. The highest BCUT2D eigenvalue weighted by Gasteiger charge is 2.08. The molecule has 14 heavy (non-hydrogen) atoms. The number of nitrogen functional groups attached to an aromatic ring is 1. The third kappa shape index (κ3) is 1.17. The number of rotatable bonds is 1. The van der Waals surface area contributed by atoms with Crippen LogP contribution >= 0.6 is 0 Å². The first-order valence-electron chi connectivity index (χ1n) is 4.13. The van der Waals surface area contributed by atoms with Crippen molar-refractivity contribution >= 4 is 22.4 Å². The molecule has 4 nitrogen and oxygen atoms in total. The highest BCUT2D eigenvalue weighted by Crippen LogP contribution is 2.21. The number of hydrogen-bond acceptors (Lipinski definition) is 3. The number of aromatic nitrogens is 1. The van der Waals surface area contributed by atoms with E-state index in [1.807, 2.05) is 0 Å². The van der Waals surface area contributed by atoms with Gasteiger partial charge in [-0.3, -0.25) is 9.78 Å². The number of nitrogens with zero attached hydrogens (tertiary/aromatic N) is 1. The molecule has 4 N–H and O–H groups in total. The predicted molar refractivity (Wildman–Crippen MR) is 54.7 cm³/mol. The number of hydrogen-bond donors (Lipinski definition) is 2. The third-order valence-corrected chi connectivity index (χ3v) is 2.07. The molecule has 0 unspecified atom stereocenters. The third-order valence-electron chi connectivity index (χ3n) is 2.07. The standard InChI is InChI=1S/C10H9N3O/c11-8-3-1-2-7-6(8)4-5-13-9(7)10(12)14/h1-5H,11H2,(H2,12,14). The van der Waals surface area contributed by atoms with Gasteiger partial charge in [0.25, 0.3) is 5.91 Å². The lowest BCUT2D eigenvalue weighted by Gasteiger charge is -2.03. The van der Waals surface area contributed by atoms with Crippen LogP contribution in [0.25, 0.3) is 10.8 Å². The molecule has 0 atom stereocenters. The van der Waals surface area contributed by atoms with Crippen LogP contribution in [0, 0.1) is 0 Å². The van der Waals surface area contributed by atoms with Crippen molar-refractivity contribution in [2.75, 3.05) is 5.73 Å². The van der Waals surface area contributed by atoms with E-state index in [0.29, 0.717) is 11.1 Å². The maximum absolute atomic E-state index is 11.0. The van der Waals surface area contributed by atoms with Crippen LogP contribution in [0.4, 0.5) is 5.69 Å². The summed E-state index contributed by atoms with van der Waals surface area (Å²) in [4.78, 5) is 15.0. The van der Waals surface area contributed by atoms with Gasteiger partial charge in [-0.15, -0.1) is 0 Å². The van der Waals surface area contributed by atoms with E-state index in [-0.39, 0.29) is 5.69 Å². The molecule has 0 fully saturated rings. The summed E-state index contributed by atoms with van der Waals surface area (Å²) >= 11 is 0. The van der Waals surface area contributed by atoms with E-state index in [2.05, 4.69) is 4.98 Å². The van der Waals surface area contributed by atoms with E-state index in [1.165, 1.54) is 6.20 Å². The minimum Gasteiger partial charge on any atom is -0.398 e. The lowest BCUT2D eigenvalue weighted by atomic mass is 10.1. The Kier molecular flexibility index (Phi) is 1.81. The predicted octanol–water partition coefficient (Wildman–Crippen LogP) is 0.916. The van der Waals surface area contributed by atoms with Crippen molar-refractivity contribution in [3.05, 3.63) is 36.2 Å². The summed E-state index contributed by atoms with van der Waals surface area (Å²) in [6, 6.07) is 7.08. The molecule has 2 aromatic rings. The fraction of sp³-hybridized carbons (Fsp3) is 0. The van der Waals surface area contributed by atoms with E-state index in [1.54, 1.807) is 24.3 Å². The van der Waals surface area contributed by atoms with Crippen LogP contribution < -0.4 is 11.5 Å². The number of primary amides is 1. The lowest BCUT2D eigenvalue weighted by Crippen LogP contribution is -2.13. The monoisotopic (exact) mass is 187 g/mol. The topological polar surface area (TPSA) is 82.0 Å². The molecular weight excluding hydrogens is 178 g/mol. The van der Waals surface area contributed by atoms with Crippen LogP contribution in [-0.4, -0.2) is 10.9 Å². The molecule has 70 valence electrons. The largest absolute Gasteiger partial charge is 0.398 e. The fourth-order valence-corrected chi connectivity index (χ4v) is 1.43. The maximum Gasteiger partial charge on any atom is 0.267 e. The summed E-state index contributed by atoms with van der Waals surface area (Å²) < 4.78 is 0. The van der Waals surface area contributed by atoms with Crippen LogP contribution in [0.1, 0.15) is 10.5 Å². The number of fused-ring (bicyclic) bond motifs is 1. The zero-order valence-corrected chi connectivity index (χ0v) is 7.40. The highest BCUT2D eigenvalue weighted by atomic mass is 16.1. The summed E-state index contributed by atoms with van der Waals surface area (Å²) in [5.41, 5.74) is 11.8. The summed E-state index contributed by atoms with van der Waals surface area (Å²) in [5, 5.41) is 1.50. The minimum absolute atomic E-state index is 0.259. The Balaban J connectivity index is 2.88. The van der Waals surface area contributed by atoms with Gasteiger partial charge in [-0.2, -0.15) is 0 Å². The number of carbonyl (C=O) groups excluding carboxylic acids is 1. The molecule has 0 aliphatic heterocycles. The molecule has 0 aliphatic carbocycles. The van der Waals surface area contributed by atoms with Gasteiger partial charge in [-0.1, -0.05) is 12.1 Å². The van der Waals surface area contributed by atoms with Gasteiger partial charge in [0.05, 0.1) is 0 Å². The SMILES string of the molecule is NC(=O)c1nccc2c(N)cccc12. The summed E-state index contributed by atoms with van der Waals surface area (Å²) in [5.74, 6) is -0.541. The first kappa shape index (κ1) is 8.50. The quantitative estimate of drug-likeness (QED) is 0.651. The Morgan fingerprint density at radius 2 is 2.00 bits per heavy atom. The molecular formula is C10H9N3O.